The molecule has 0 spiro atoms. The highest BCUT2D eigenvalue weighted by Gasteiger charge is 2.19. The van der Waals surface area contributed by atoms with Gasteiger partial charge in [0.15, 0.2) is 6.10 Å². The van der Waals surface area contributed by atoms with E-state index in [1.807, 2.05) is 0 Å². The molecule has 476 valence electrons. The normalized spacial score (nSPS) is 12.8. The van der Waals surface area contributed by atoms with Crippen LogP contribution in [0, 0.1) is 0 Å². The van der Waals surface area contributed by atoms with Crippen LogP contribution in [-0.2, 0) is 28.6 Å². The zero-order chi connectivity index (χ0) is 59.9. The van der Waals surface area contributed by atoms with Gasteiger partial charge in [0.2, 0.25) is 0 Å². The molecule has 0 aliphatic rings. The summed E-state index contributed by atoms with van der Waals surface area (Å²) in [6.07, 6.45) is 96.8. The highest BCUT2D eigenvalue weighted by molar-refractivity contribution is 5.71. The summed E-state index contributed by atoms with van der Waals surface area (Å²) >= 11 is 0. The maximum atomic E-state index is 12.9. The number of esters is 3. The largest absolute Gasteiger partial charge is 0.462 e. The van der Waals surface area contributed by atoms with Crippen LogP contribution in [0.4, 0.5) is 0 Å². The molecule has 0 heterocycles. The molecule has 0 radical (unpaired) electrons. The van der Waals surface area contributed by atoms with Crippen molar-refractivity contribution in [1.29, 1.82) is 0 Å². The Balaban J connectivity index is 4.26. The number of unbranched alkanes of at least 4 members (excludes halogenated alkanes) is 35. The lowest BCUT2D eigenvalue weighted by Crippen LogP contribution is -2.30. The van der Waals surface area contributed by atoms with E-state index < -0.39 is 6.10 Å². The van der Waals surface area contributed by atoms with Gasteiger partial charge in [-0.1, -0.05) is 323 Å². The Morgan fingerprint density at radius 3 is 0.759 bits per heavy atom. The van der Waals surface area contributed by atoms with Crippen molar-refractivity contribution in [3.63, 3.8) is 0 Å². The number of allylic oxidation sites excluding steroid dienone is 18. The number of carbonyl (C=O) groups is 3. The van der Waals surface area contributed by atoms with Crippen molar-refractivity contribution in [2.45, 2.75) is 348 Å². The van der Waals surface area contributed by atoms with Crippen LogP contribution < -0.4 is 0 Å². The Kier molecular flexibility index (Phi) is 67.2. The van der Waals surface area contributed by atoms with Crippen molar-refractivity contribution < 1.29 is 28.6 Å². The van der Waals surface area contributed by atoms with Crippen LogP contribution in [0.3, 0.4) is 0 Å². The molecule has 0 rings (SSSR count). The Hall–Kier alpha value is -3.93. The summed E-state index contributed by atoms with van der Waals surface area (Å²) in [4.78, 5) is 38.4. The zero-order valence-electron chi connectivity index (χ0n) is 54.7. The van der Waals surface area contributed by atoms with Crippen LogP contribution in [0.5, 0.6) is 0 Å². The first-order valence-electron chi connectivity index (χ1n) is 35.4. The van der Waals surface area contributed by atoms with E-state index in [-0.39, 0.29) is 31.1 Å². The summed E-state index contributed by atoms with van der Waals surface area (Å²) in [5.74, 6) is -0.882. The molecule has 0 aromatic heterocycles. The number of ether oxygens (including phenoxy) is 3. The van der Waals surface area contributed by atoms with Crippen molar-refractivity contribution in [2.24, 2.45) is 0 Å². The van der Waals surface area contributed by atoms with Gasteiger partial charge >= 0.3 is 17.9 Å². The number of rotatable bonds is 64. The van der Waals surface area contributed by atoms with Gasteiger partial charge in [0, 0.05) is 19.3 Å². The molecule has 0 aromatic carbocycles. The second kappa shape index (κ2) is 70.6. The van der Waals surface area contributed by atoms with Gasteiger partial charge in [-0.3, -0.25) is 14.4 Å². The first kappa shape index (κ1) is 79.1. The lowest BCUT2D eigenvalue weighted by atomic mass is 10.0. The average Bonchev–Trinajstić information content (AvgIpc) is 3.49. The van der Waals surface area contributed by atoms with Crippen LogP contribution in [0.1, 0.15) is 342 Å². The predicted octanol–water partition coefficient (Wildman–Crippen LogP) is 24.6. The molecule has 0 aliphatic heterocycles. The number of hydrogen-bond acceptors (Lipinski definition) is 6. The van der Waals surface area contributed by atoms with Gasteiger partial charge in [0.1, 0.15) is 13.2 Å². The van der Waals surface area contributed by atoms with Crippen molar-refractivity contribution in [3.05, 3.63) is 109 Å². The van der Waals surface area contributed by atoms with Gasteiger partial charge in [-0.15, -0.1) is 0 Å². The van der Waals surface area contributed by atoms with Crippen molar-refractivity contribution in [1.82, 2.24) is 0 Å². The highest BCUT2D eigenvalue weighted by Crippen LogP contribution is 2.17. The van der Waals surface area contributed by atoms with E-state index in [0.29, 0.717) is 19.3 Å². The van der Waals surface area contributed by atoms with Crippen LogP contribution in [0.25, 0.3) is 0 Å². The lowest BCUT2D eigenvalue weighted by Gasteiger charge is -2.18. The van der Waals surface area contributed by atoms with E-state index in [9.17, 15) is 14.4 Å². The molecule has 0 aliphatic carbocycles. The minimum atomic E-state index is -0.785. The Labute approximate surface area is 514 Å². The molecule has 6 heteroatoms. The summed E-state index contributed by atoms with van der Waals surface area (Å²) in [5, 5.41) is 0. The minimum absolute atomic E-state index is 0.0810. The van der Waals surface area contributed by atoms with Gasteiger partial charge in [-0.05, 0) is 109 Å². The predicted molar refractivity (Wildman–Crippen MR) is 362 cm³/mol. The third kappa shape index (κ3) is 68.7. The van der Waals surface area contributed by atoms with Crippen LogP contribution >= 0.6 is 0 Å². The molecule has 0 bridgehead atoms. The van der Waals surface area contributed by atoms with Gasteiger partial charge in [-0.25, -0.2) is 0 Å². The summed E-state index contributed by atoms with van der Waals surface area (Å²) in [6, 6.07) is 0. The Morgan fingerprint density at radius 2 is 0.470 bits per heavy atom. The van der Waals surface area contributed by atoms with Crippen LogP contribution in [0.15, 0.2) is 109 Å². The topological polar surface area (TPSA) is 78.9 Å². The van der Waals surface area contributed by atoms with E-state index in [0.717, 1.165) is 122 Å². The molecule has 0 aromatic rings. The summed E-state index contributed by atoms with van der Waals surface area (Å²) in [5.41, 5.74) is 0. The van der Waals surface area contributed by atoms with E-state index in [4.69, 9.17) is 14.2 Å². The van der Waals surface area contributed by atoms with Gasteiger partial charge in [0.25, 0.3) is 0 Å². The first-order valence-corrected chi connectivity index (χ1v) is 35.4. The Bertz CT molecular complexity index is 1660. The quantitative estimate of drug-likeness (QED) is 0.0261. The molecular formula is C77H132O6. The monoisotopic (exact) mass is 1150 g/mol. The molecule has 1 atom stereocenters. The maximum Gasteiger partial charge on any atom is 0.306 e. The molecular weight excluding hydrogens is 1020 g/mol. The highest BCUT2D eigenvalue weighted by atomic mass is 16.6. The summed E-state index contributed by atoms with van der Waals surface area (Å²) in [7, 11) is 0. The first-order chi connectivity index (χ1) is 41.0. The number of carbonyl (C=O) groups excluding carboxylic acids is 3. The van der Waals surface area contributed by atoms with Gasteiger partial charge in [-0.2, -0.15) is 0 Å². The molecule has 0 saturated carbocycles. The van der Waals surface area contributed by atoms with E-state index in [1.54, 1.807) is 0 Å². The maximum absolute atomic E-state index is 12.9. The summed E-state index contributed by atoms with van der Waals surface area (Å²) in [6.45, 7) is 6.53. The standard InChI is InChI=1S/C77H132O6/c1-4-7-10-13-16-19-22-25-28-30-31-32-33-34-35-36-37-38-39-40-41-42-43-44-45-47-49-52-55-58-61-64-67-70-76(79)82-73-74(72-81-75(78)69-66-63-60-57-54-51-48-27-24-21-18-15-12-9-6-3)83-77(80)71-68-65-62-59-56-53-50-46-29-26-23-20-17-14-11-8-5-2/h7,10,16,18-19,21,25,27-28,31-32,34-35,37-38,40-41,48,74H,4-6,8-9,11-15,17,20,22-24,26,29-30,33,36,39,42-47,49-73H2,1-3H3/b10-7-,19-16-,21-18-,28-25-,32-31-,35-34-,38-37-,41-40-,48-27-. The second-order valence-electron chi connectivity index (χ2n) is 23.4. The molecule has 0 saturated heterocycles. The zero-order valence-corrected chi connectivity index (χ0v) is 54.7. The lowest BCUT2D eigenvalue weighted by molar-refractivity contribution is -0.167. The molecule has 83 heavy (non-hydrogen) atoms. The average molecular weight is 1150 g/mol. The van der Waals surface area contributed by atoms with Crippen LogP contribution in [0.2, 0.25) is 0 Å². The third-order valence-electron chi connectivity index (χ3n) is 15.3. The molecule has 0 fully saturated rings. The van der Waals surface area contributed by atoms with E-state index >= 15 is 0 Å². The minimum Gasteiger partial charge on any atom is -0.462 e. The van der Waals surface area contributed by atoms with Crippen molar-refractivity contribution >= 4 is 17.9 Å². The SMILES string of the molecule is CC/C=C\C/C=C\C/C=C\C/C=C\C/C=C\C/C=C\C/C=C\CCCCCCCCCCCCCC(=O)OCC(COC(=O)CCCCCCC/C=C\C/C=C\CCCCC)OC(=O)CCCCCCCCCCCCCCCCCCC. The Morgan fingerprint density at radius 1 is 0.253 bits per heavy atom. The molecule has 0 N–H and O–H groups in total. The smallest absolute Gasteiger partial charge is 0.306 e. The second-order valence-corrected chi connectivity index (χ2v) is 23.4. The molecule has 0 amide bonds. The molecule has 6 nitrogen and oxygen atoms in total. The fraction of sp³-hybridized carbons (Fsp3) is 0.727. The summed E-state index contributed by atoms with van der Waals surface area (Å²) < 4.78 is 17.0. The van der Waals surface area contributed by atoms with Gasteiger partial charge in [0.05, 0.1) is 0 Å². The van der Waals surface area contributed by atoms with E-state index in [2.05, 4.69) is 130 Å². The third-order valence-corrected chi connectivity index (χ3v) is 15.3. The van der Waals surface area contributed by atoms with Crippen molar-refractivity contribution in [2.75, 3.05) is 13.2 Å². The number of hydrogen-bond donors (Lipinski definition) is 0. The van der Waals surface area contributed by atoms with Gasteiger partial charge < -0.3 is 14.2 Å². The molecule has 1 unspecified atom stereocenters. The fourth-order valence-corrected chi connectivity index (χ4v) is 9.99. The van der Waals surface area contributed by atoms with Crippen molar-refractivity contribution in [3.8, 4) is 0 Å². The van der Waals surface area contributed by atoms with Crippen LogP contribution in [-0.4, -0.2) is 37.2 Å². The van der Waals surface area contributed by atoms with E-state index in [1.165, 1.54) is 180 Å². The fourth-order valence-electron chi connectivity index (χ4n) is 9.99.